The fourth-order valence-corrected chi connectivity index (χ4v) is 4.14. The van der Waals surface area contributed by atoms with Crippen molar-refractivity contribution in [2.45, 2.75) is 68.8 Å². The molecular formula is C19H24N6OS. The molecule has 1 aromatic heterocycles. The van der Waals surface area contributed by atoms with Gasteiger partial charge >= 0.3 is 0 Å². The molecule has 1 fully saturated rings. The fraction of sp³-hybridized carbons (Fsp3) is 0.526. The van der Waals surface area contributed by atoms with E-state index in [2.05, 4.69) is 26.9 Å². The lowest BCUT2D eigenvalue weighted by Gasteiger charge is -2.32. The normalized spacial score (nSPS) is 17.1. The average molecular weight is 385 g/mol. The molecular weight excluding hydrogens is 360 g/mol. The summed E-state index contributed by atoms with van der Waals surface area (Å²) in [5, 5.41) is 24.7. The third-order valence-electron chi connectivity index (χ3n) is 5.18. The van der Waals surface area contributed by atoms with Gasteiger partial charge in [0.2, 0.25) is 11.1 Å². The number of rotatable bonds is 5. The average Bonchev–Trinajstić information content (AvgIpc) is 3.12. The van der Waals surface area contributed by atoms with Crippen molar-refractivity contribution in [3.8, 4) is 11.8 Å². The molecule has 0 spiro atoms. The molecule has 1 aliphatic rings. The Kier molecular flexibility index (Phi) is 5.80. The number of aromatic nitrogens is 4. The van der Waals surface area contributed by atoms with E-state index in [-0.39, 0.29) is 5.91 Å². The summed E-state index contributed by atoms with van der Waals surface area (Å²) in [6, 6.07) is 8.29. The van der Waals surface area contributed by atoms with Crippen LogP contribution in [-0.4, -0.2) is 36.9 Å². The highest BCUT2D eigenvalue weighted by Gasteiger charge is 2.35. The molecule has 1 atom stereocenters. The maximum absolute atomic E-state index is 12.7. The highest BCUT2D eigenvalue weighted by molar-refractivity contribution is 8.00. The van der Waals surface area contributed by atoms with Crippen LogP contribution in [0.15, 0.2) is 23.4 Å². The van der Waals surface area contributed by atoms with E-state index >= 15 is 0 Å². The number of benzene rings is 1. The van der Waals surface area contributed by atoms with Gasteiger partial charge in [0.25, 0.3) is 0 Å². The zero-order chi connectivity index (χ0) is 19.4. The monoisotopic (exact) mass is 384 g/mol. The van der Waals surface area contributed by atoms with Gasteiger partial charge in [-0.1, -0.05) is 43.2 Å². The summed E-state index contributed by atoms with van der Waals surface area (Å²) in [6.45, 7) is 5.88. The molecule has 142 valence electrons. The van der Waals surface area contributed by atoms with Crippen molar-refractivity contribution in [1.82, 2.24) is 25.5 Å². The topological polar surface area (TPSA) is 96.5 Å². The molecule has 1 N–H and O–H groups in total. The second-order valence-corrected chi connectivity index (χ2v) is 8.40. The van der Waals surface area contributed by atoms with Crippen LogP contribution in [0.4, 0.5) is 0 Å². The summed E-state index contributed by atoms with van der Waals surface area (Å²) in [5.41, 5.74) is 2.41. The quantitative estimate of drug-likeness (QED) is 0.796. The molecule has 1 aromatic carbocycles. The van der Waals surface area contributed by atoms with Gasteiger partial charge in [-0.3, -0.25) is 4.79 Å². The summed E-state index contributed by atoms with van der Waals surface area (Å²) in [5.74, 6) is -0.154. The van der Waals surface area contributed by atoms with Crippen molar-refractivity contribution in [2.24, 2.45) is 0 Å². The van der Waals surface area contributed by atoms with Crippen LogP contribution in [0.2, 0.25) is 0 Å². The fourth-order valence-electron chi connectivity index (χ4n) is 3.34. The molecule has 0 aliphatic heterocycles. The van der Waals surface area contributed by atoms with Crippen LogP contribution in [-0.2, 0) is 4.79 Å². The Morgan fingerprint density at radius 3 is 2.78 bits per heavy atom. The molecule has 3 rings (SSSR count). The smallest absolute Gasteiger partial charge is 0.234 e. The van der Waals surface area contributed by atoms with E-state index in [0.717, 1.165) is 36.1 Å². The number of hydrogen-bond acceptors (Lipinski definition) is 6. The molecule has 27 heavy (non-hydrogen) atoms. The summed E-state index contributed by atoms with van der Waals surface area (Å²) >= 11 is 1.30. The Bertz CT molecular complexity index is 865. The number of nitriles is 1. The molecule has 1 aliphatic carbocycles. The van der Waals surface area contributed by atoms with Gasteiger partial charge in [-0.05, 0) is 61.2 Å². The van der Waals surface area contributed by atoms with Crippen molar-refractivity contribution < 1.29 is 4.79 Å². The number of carbonyl (C=O) groups excluding carboxylic acids is 1. The van der Waals surface area contributed by atoms with E-state index in [9.17, 15) is 10.1 Å². The van der Waals surface area contributed by atoms with Crippen LogP contribution in [0.3, 0.4) is 0 Å². The summed E-state index contributed by atoms with van der Waals surface area (Å²) < 4.78 is 1.66. The van der Waals surface area contributed by atoms with Crippen molar-refractivity contribution in [1.29, 1.82) is 5.26 Å². The molecule has 0 radical (unpaired) electrons. The Balaban J connectivity index is 1.74. The van der Waals surface area contributed by atoms with Gasteiger partial charge in [-0.25, -0.2) is 0 Å². The van der Waals surface area contributed by atoms with Crippen LogP contribution in [0.5, 0.6) is 0 Å². The van der Waals surface area contributed by atoms with E-state index < -0.39 is 10.8 Å². The first-order valence-corrected chi connectivity index (χ1v) is 10.1. The van der Waals surface area contributed by atoms with Crippen LogP contribution in [0, 0.1) is 25.2 Å². The van der Waals surface area contributed by atoms with Crippen molar-refractivity contribution in [3.63, 3.8) is 0 Å². The molecule has 1 heterocycles. The molecule has 2 aromatic rings. The number of thioether (sulfide) groups is 1. The number of carbonyl (C=O) groups is 1. The summed E-state index contributed by atoms with van der Waals surface area (Å²) in [7, 11) is 0. The minimum Gasteiger partial charge on any atom is -0.337 e. The second-order valence-electron chi connectivity index (χ2n) is 7.10. The highest BCUT2D eigenvalue weighted by atomic mass is 32.2. The molecule has 0 unspecified atom stereocenters. The molecule has 0 bridgehead atoms. The zero-order valence-corrected chi connectivity index (χ0v) is 16.7. The first-order valence-electron chi connectivity index (χ1n) is 9.21. The standard InChI is InChI=1S/C19H24N6OS/c1-13-8-7-9-16(14(13)2)25-18(22-23-24-25)27-15(3)17(26)21-19(12-20)10-5-4-6-11-19/h7-9,15H,4-6,10-11H2,1-3H3,(H,21,26)/t15-/m1/s1. The molecule has 0 saturated heterocycles. The van der Waals surface area contributed by atoms with Gasteiger partial charge in [0, 0.05) is 0 Å². The predicted molar refractivity (Wildman–Crippen MR) is 104 cm³/mol. The Hall–Kier alpha value is -2.40. The van der Waals surface area contributed by atoms with Crippen LogP contribution >= 0.6 is 11.8 Å². The number of aryl methyl sites for hydroxylation is 1. The van der Waals surface area contributed by atoms with Crippen molar-refractivity contribution in [2.75, 3.05) is 0 Å². The SMILES string of the molecule is Cc1cccc(-n2nnnc2S[C@H](C)C(=O)NC2(C#N)CCCCC2)c1C. The Morgan fingerprint density at radius 2 is 2.07 bits per heavy atom. The first-order chi connectivity index (χ1) is 13.0. The minimum absolute atomic E-state index is 0.154. The summed E-state index contributed by atoms with van der Waals surface area (Å²) in [6.07, 6.45) is 4.49. The van der Waals surface area contributed by atoms with Crippen LogP contribution in [0.1, 0.15) is 50.2 Å². The van der Waals surface area contributed by atoms with Gasteiger partial charge in [-0.15, -0.1) is 5.10 Å². The molecule has 8 heteroatoms. The lowest BCUT2D eigenvalue weighted by Crippen LogP contribution is -2.51. The maximum Gasteiger partial charge on any atom is 0.234 e. The van der Waals surface area contributed by atoms with E-state index in [4.69, 9.17) is 0 Å². The van der Waals surface area contributed by atoms with Gasteiger partial charge in [0.1, 0.15) is 5.54 Å². The van der Waals surface area contributed by atoms with E-state index in [1.807, 2.05) is 39.0 Å². The minimum atomic E-state index is -0.733. The highest BCUT2D eigenvalue weighted by Crippen LogP contribution is 2.29. The predicted octanol–water partition coefficient (Wildman–Crippen LogP) is 3.10. The largest absolute Gasteiger partial charge is 0.337 e. The van der Waals surface area contributed by atoms with E-state index in [0.29, 0.717) is 18.0 Å². The van der Waals surface area contributed by atoms with Gasteiger partial charge in [-0.2, -0.15) is 9.94 Å². The number of tetrazole rings is 1. The maximum atomic E-state index is 12.7. The molecule has 7 nitrogen and oxygen atoms in total. The number of amides is 1. The third-order valence-corrected chi connectivity index (χ3v) is 6.21. The number of hydrogen-bond donors (Lipinski definition) is 1. The Morgan fingerprint density at radius 1 is 1.33 bits per heavy atom. The molecule has 1 saturated carbocycles. The van der Waals surface area contributed by atoms with Gasteiger partial charge in [0.05, 0.1) is 17.0 Å². The van der Waals surface area contributed by atoms with Crippen molar-refractivity contribution in [3.05, 3.63) is 29.3 Å². The first kappa shape index (κ1) is 19.4. The van der Waals surface area contributed by atoms with E-state index in [1.54, 1.807) is 4.68 Å². The summed E-state index contributed by atoms with van der Waals surface area (Å²) in [4.78, 5) is 12.7. The molecule has 1 amide bonds. The lowest BCUT2D eigenvalue weighted by atomic mass is 9.83. The van der Waals surface area contributed by atoms with Gasteiger partial charge in [0.15, 0.2) is 0 Å². The second kappa shape index (κ2) is 8.09. The third kappa shape index (κ3) is 4.14. The van der Waals surface area contributed by atoms with E-state index in [1.165, 1.54) is 11.8 Å². The Labute approximate surface area is 163 Å². The lowest BCUT2D eigenvalue weighted by molar-refractivity contribution is -0.121. The zero-order valence-electron chi connectivity index (χ0n) is 15.9. The number of nitrogens with zero attached hydrogens (tertiary/aromatic N) is 5. The van der Waals surface area contributed by atoms with Crippen LogP contribution in [0.25, 0.3) is 5.69 Å². The van der Waals surface area contributed by atoms with Crippen LogP contribution < -0.4 is 5.32 Å². The number of nitrogens with one attached hydrogen (secondary N) is 1. The van der Waals surface area contributed by atoms with Gasteiger partial charge < -0.3 is 5.32 Å². The van der Waals surface area contributed by atoms with Crippen molar-refractivity contribution >= 4 is 17.7 Å².